The first-order chi connectivity index (χ1) is 14.1. The summed E-state index contributed by atoms with van der Waals surface area (Å²) in [6.45, 7) is 0.614. The monoisotopic (exact) mass is 392 g/mol. The molecule has 1 saturated carbocycles. The maximum atomic E-state index is 13.0. The molecule has 1 N–H and O–H groups in total. The van der Waals surface area contributed by atoms with Crippen LogP contribution in [-0.2, 0) is 12.5 Å². The summed E-state index contributed by atoms with van der Waals surface area (Å²) in [7, 11) is 5.24. The van der Waals surface area contributed by atoms with E-state index in [1.54, 1.807) is 14.2 Å². The predicted octanol–water partition coefficient (Wildman–Crippen LogP) is 4.44. The summed E-state index contributed by atoms with van der Waals surface area (Å²) in [4.78, 5) is 13.0. The standard InChI is InChI=1S/C24H28N2O3/c1-26-19-9-5-4-8-17(19)14-20(26)23(27)25-16-24(12-6-7-13-24)18-10-11-21(28-2)22(15-18)29-3/h4-5,8-11,14-15H,6-7,12-13,16H2,1-3H3,(H,25,27). The van der Waals surface area contributed by atoms with Crippen LogP contribution in [0.3, 0.4) is 0 Å². The number of fused-ring (bicyclic) bond motifs is 1. The van der Waals surface area contributed by atoms with E-state index in [2.05, 4.69) is 17.4 Å². The number of methoxy groups -OCH3 is 2. The largest absolute Gasteiger partial charge is 0.493 e. The van der Waals surface area contributed by atoms with E-state index in [-0.39, 0.29) is 11.3 Å². The molecular weight excluding hydrogens is 364 g/mol. The molecule has 0 bridgehead atoms. The van der Waals surface area contributed by atoms with Crippen LogP contribution in [0.5, 0.6) is 11.5 Å². The molecule has 1 aliphatic carbocycles. The Balaban J connectivity index is 1.58. The Kier molecular flexibility index (Phi) is 5.22. The molecule has 0 aliphatic heterocycles. The second kappa shape index (κ2) is 7.82. The van der Waals surface area contributed by atoms with Crippen LogP contribution in [0.1, 0.15) is 41.7 Å². The third-order valence-electron chi connectivity index (χ3n) is 6.33. The van der Waals surface area contributed by atoms with Crippen molar-refractivity contribution in [1.29, 1.82) is 0 Å². The maximum Gasteiger partial charge on any atom is 0.267 e. The molecule has 1 heterocycles. The van der Waals surface area contributed by atoms with Crippen molar-refractivity contribution in [2.75, 3.05) is 20.8 Å². The van der Waals surface area contributed by atoms with Crippen LogP contribution in [0.15, 0.2) is 48.5 Å². The molecule has 2 aromatic carbocycles. The molecule has 1 aliphatic rings. The summed E-state index contributed by atoms with van der Waals surface area (Å²) >= 11 is 0. The SMILES string of the molecule is COc1ccc(C2(CNC(=O)c3cc4ccccc4n3C)CCCC2)cc1OC. The molecule has 0 spiro atoms. The van der Waals surface area contributed by atoms with Crippen molar-refractivity contribution in [3.05, 3.63) is 59.8 Å². The fraction of sp³-hybridized carbons (Fsp3) is 0.375. The number of aryl methyl sites for hydroxylation is 1. The zero-order valence-corrected chi connectivity index (χ0v) is 17.3. The highest BCUT2D eigenvalue weighted by Crippen LogP contribution is 2.43. The van der Waals surface area contributed by atoms with Crippen LogP contribution in [0.4, 0.5) is 0 Å². The Morgan fingerprint density at radius 2 is 1.76 bits per heavy atom. The first-order valence-electron chi connectivity index (χ1n) is 10.1. The first kappa shape index (κ1) is 19.4. The zero-order valence-electron chi connectivity index (χ0n) is 17.3. The summed E-state index contributed by atoms with van der Waals surface area (Å²) in [6.07, 6.45) is 4.44. The average Bonchev–Trinajstić information content (AvgIpc) is 3.37. The van der Waals surface area contributed by atoms with Crippen LogP contribution in [0.25, 0.3) is 10.9 Å². The van der Waals surface area contributed by atoms with Gasteiger partial charge in [0.25, 0.3) is 5.91 Å². The second-order valence-electron chi connectivity index (χ2n) is 7.89. The number of carbonyl (C=O) groups is 1. The van der Waals surface area contributed by atoms with E-state index < -0.39 is 0 Å². The molecule has 5 heteroatoms. The molecule has 29 heavy (non-hydrogen) atoms. The number of ether oxygens (including phenoxy) is 2. The summed E-state index contributed by atoms with van der Waals surface area (Å²) in [5, 5.41) is 4.30. The number of nitrogens with zero attached hydrogens (tertiary/aromatic N) is 1. The van der Waals surface area contributed by atoms with E-state index in [4.69, 9.17) is 9.47 Å². The van der Waals surface area contributed by atoms with Gasteiger partial charge in [0, 0.05) is 29.9 Å². The highest BCUT2D eigenvalue weighted by Gasteiger charge is 2.36. The summed E-state index contributed by atoms with van der Waals surface area (Å²) in [5.74, 6) is 1.43. The minimum absolute atomic E-state index is 0.0320. The fourth-order valence-corrected chi connectivity index (χ4v) is 4.63. The van der Waals surface area contributed by atoms with Crippen molar-refractivity contribution in [2.45, 2.75) is 31.1 Å². The van der Waals surface area contributed by atoms with E-state index in [1.807, 2.05) is 48.0 Å². The van der Waals surface area contributed by atoms with Gasteiger partial charge in [0.2, 0.25) is 0 Å². The summed E-state index contributed by atoms with van der Waals surface area (Å²) in [5.41, 5.74) is 2.88. The number of aromatic nitrogens is 1. The molecule has 152 valence electrons. The van der Waals surface area contributed by atoms with Gasteiger partial charge in [-0.25, -0.2) is 0 Å². The van der Waals surface area contributed by atoms with Gasteiger partial charge in [-0.15, -0.1) is 0 Å². The number of nitrogens with one attached hydrogen (secondary N) is 1. The molecule has 1 fully saturated rings. The first-order valence-corrected chi connectivity index (χ1v) is 10.1. The van der Waals surface area contributed by atoms with Gasteiger partial charge in [-0.2, -0.15) is 0 Å². The third-order valence-corrected chi connectivity index (χ3v) is 6.33. The van der Waals surface area contributed by atoms with E-state index >= 15 is 0 Å². The highest BCUT2D eigenvalue weighted by atomic mass is 16.5. The number of rotatable bonds is 6. The van der Waals surface area contributed by atoms with E-state index in [9.17, 15) is 4.79 Å². The molecule has 5 nitrogen and oxygen atoms in total. The van der Waals surface area contributed by atoms with Gasteiger partial charge in [-0.1, -0.05) is 37.1 Å². The molecule has 1 amide bonds. The van der Waals surface area contributed by atoms with Gasteiger partial charge >= 0.3 is 0 Å². The number of para-hydroxylation sites is 1. The van der Waals surface area contributed by atoms with Crippen molar-refractivity contribution < 1.29 is 14.3 Å². The molecule has 3 aromatic rings. The number of benzene rings is 2. The molecule has 0 atom stereocenters. The van der Waals surface area contributed by atoms with Gasteiger partial charge in [-0.3, -0.25) is 4.79 Å². The Morgan fingerprint density at radius 3 is 2.45 bits per heavy atom. The lowest BCUT2D eigenvalue weighted by molar-refractivity contribution is 0.0935. The Labute approximate surface area is 171 Å². The van der Waals surface area contributed by atoms with Crippen molar-refractivity contribution in [2.24, 2.45) is 7.05 Å². The smallest absolute Gasteiger partial charge is 0.267 e. The average molecular weight is 392 g/mol. The highest BCUT2D eigenvalue weighted by molar-refractivity contribution is 5.98. The van der Waals surface area contributed by atoms with Crippen LogP contribution < -0.4 is 14.8 Å². The molecular formula is C24H28N2O3. The van der Waals surface area contributed by atoms with Gasteiger partial charge in [0.05, 0.1) is 14.2 Å². The number of carbonyl (C=O) groups excluding carboxylic acids is 1. The van der Waals surface area contributed by atoms with Gasteiger partial charge in [-0.05, 0) is 42.7 Å². The van der Waals surface area contributed by atoms with E-state index in [1.165, 1.54) is 5.56 Å². The van der Waals surface area contributed by atoms with Crippen LogP contribution in [0.2, 0.25) is 0 Å². The Bertz CT molecular complexity index is 1030. The van der Waals surface area contributed by atoms with Gasteiger partial charge < -0.3 is 19.4 Å². The summed E-state index contributed by atoms with van der Waals surface area (Å²) in [6, 6.07) is 16.1. The molecule has 4 rings (SSSR count). The second-order valence-corrected chi connectivity index (χ2v) is 7.89. The molecule has 1 aromatic heterocycles. The molecule has 0 unspecified atom stereocenters. The van der Waals surface area contributed by atoms with Crippen LogP contribution in [-0.4, -0.2) is 31.2 Å². The topological polar surface area (TPSA) is 52.5 Å². The van der Waals surface area contributed by atoms with Crippen molar-refractivity contribution in [3.8, 4) is 11.5 Å². The van der Waals surface area contributed by atoms with Crippen LogP contribution in [0, 0.1) is 0 Å². The fourth-order valence-electron chi connectivity index (χ4n) is 4.63. The lowest BCUT2D eigenvalue weighted by Gasteiger charge is -2.30. The summed E-state index contributed by atoms with van der Waals surface area (Å²) < 4.78 is 12.9. The van der Waals surface area contributed by atoms with Crippen molar-refractivity contribution in [1.82, 2.24) is 9.88 Å². The quantitative estimate of drug-likeness (QED) is 0.675. The normalized spacial score (nSPS) is 15.4. The lowest BCUT2D eigenvalue weighted by Crippen LogP contribution is -2.39. The maximum absolute atomic E-state index is 13.0. The van der Waals surface area contributed by atoms with E-state index in [0.29, 0.717) is 12.2 Å². The molecule has 0 radical (unpaired) electrons. The Morgan fingerprint density at radius 1 is 1.03 bits per heavy atom. The Hall–Kier alpha value is -2.95. The van der Waals surface area contributed by atoms with E-state index in [0.717, 1.165) is 48.1 Å². The lowest BCUT2D eigenvalue weighted by atomic mass is 9.78. The number of hydrogen-bond acceptors (Lipinski definition) is 3. The number of amides is 1. The number of hydrogen-bond donors (Lipinski definition) is 1. The van der Waals surface area contributed by atoms with Gasteiger partial charge in [0.1, 0.15) is 5.69 Å². The van der Waals surface area contributed by atoms with Crippen LogP contribution >= 0.6 is 0 Å². The predicted molar refractivity (Wildman–Crippen MR) is 115 cm³/mol. The van der Waals surface area contributed by atoms with Crippen molar-refractivity contribution >= 4 is 16.8 Å². The minimum atomic E-state index is -0.0696. The van der Waals surface area contributed by atoms with Gasteiger partial charge in [0.15, 0.2) is 11.5 Å². The van der Waals surface area contributed by atoms with Crippen molar-refractivity contribution in [3.63, 3.8) is 0 Å². The zero-order chi connectivity index (χ0) is 20.4. The minimum Gasteiger partial charge on any atom is -0.493 e. The molecule has 0 saturated heterocycles. The third kappa shape index (κ3) is 3.46.